The highest BCUT2D eigenvalue weighted by Gasteiger charge is 2.76. The monoisotopic (exact) mass is 915 g/mol. The van der Waals surface area contributed by atoms with Gasteiger partial charge >= 0.3 is 12.1 Å². The molecule has 1 N–H and O–H groups in total. The van der Waals surface area contributed by atoms with Crippen molar-refractivity contribution in [1.82, 2.24) is 19.8 Å². The number of hydrogen-bond donors (Lipinski definition) is 1. The average Bonchev–Trinajstić information content (AvgIpc) is 3.84. The lowest BCUT2D eigenvalue weighted by molar-refractivity contribution is -0.384. The van der Waals surface area contributed by atoms with Crippen LogP contribution in [0.5, 0.6) is 5.75 Å². The summed E-state index contributed by atoms with van der Waals surface area (Å²) >= 11 is 0. The van der Waals surface area contributed by atoms with Crippen molar-refractivity contribution in [3.8, 4) is 5.75 Å². The van der Waals surface area contributed by atoms with Gasteiger partial charge in [0.05, 0.1) is 35.2 Å². The number of para-hydroxylation sites is 2. The number of cyclic esters (lactones) is 1. The molecule has 17 heteroatoms. The van der Waals surface area contributed by atoms with Crippen molar-refractivity contribution in [3.63, 3.8) is 0 Å². The molecule has 6 unspecified atom stereocenters. The topological polar surface area (TPSA) is 198 Å². The summed E-state index contributed by atoms with van der Waals surface area (Å²) in [5, 5.41) is 21.4. The Morgan fingerprint density at radius 3 is 2.12 bits per heavy atom. The smallest absolute Gasteiger partial charge is 0.421 e. The number of carbonyl (C=O) groups is 4. The van der Waals surface area contributed by atoms with Crippen LogP contribution in [-0.2, 0) is 35.9 Å². The van der Waals surface area contributed by atoms with Gasteiger partial charge < -0.3 is 29.1 Å². The average molecular weight is 916 g/mol. The minimum Gasteiger partial charge on any atom is -0.491 e. The van der Waals surface area contributed by atoms with Crippen LogP contribution in [0, 0.1) is 16.0 Å². The quantitative estimate of drug-likeness (QED) is 0.0888. The Balaban J connectivity index is 1.18. The molecule has 344 valence electrons. The lowest BCUT2D eigenvalue weighted by Gasteiger charge is -2.46. The number of non-ortho nitro benzene ring substituents is 1. The number of rotatable bonds is 11. The first kappa shape index (κ1) is 43.9. The third kappa shape index (κ3) is 7.45. The Kier molecular flexibility index (Phi) is 11.8. The normalized spacial score (nSPS) is 23.2. The van der Waals surface area contributed by atoms with E-state index in [1.165, 1.54) is 24.3 Å². The van der Waals surface area contributed by atoms with Crippen LogP contribution in [0.25, 0.3) is 0 Å². The van der Waals surface area contributed by atoms with Crippen molar-refractivity contribution in [3.05, 3.63) is 190 Å². The molecule has 6 aromatic rings. The van der Waals surface area contributed by atoms with E-state index in [1.807, 2.05) is 70.5 Å². The fourth-order valence-electron chi connectivity index (χ4n) is 10.5. The number of fused-ring (bicyclic) bond motifs is 3. The molecule has 5 heterocycles. The fraction of sp³-hybridized carbons (Fsp3) is 0.255. The molecule has 6 atom stereocenters. The first-order chi connectivity index (χ1) is 33.2. The van der Waals surface area contributed by atoms with Crippen molar-refractivity contribution in [1.29, 1.82) is 0 Å². The molecule has 1 aromatic heterocycles. The molecule has 3 amide bonds. The van der Waals surface area contributed by atoms with Gasteiger partial charge in [0.2, 0.25) is 17.8 Å². The van der Waals surface area contributed by atoms with Crippen LogP contribution in [-0.4, -0.2) is 99.1 Å². The van der Waals surface area contributed by atoms with Crippen LogP contribution in [0.2, 0.25) is 0 Å². The van der Waals surface area contributed by atoms with Gasteiger partial charge in [0.15, 0.2) is 0 Å². The number of nitro groups is 1. The lowest BCUT2D eigenvalue weighted by atomic mass is 9.65. The summed E-state index contributed by atoms with van der Waals surface area (Å²) in [5.41, 5.74) is 0.532. The molecule has 0 radical (unpaired) electrons. The number of anilines is 2. The Labute approximate surface area is 390 Å². The van der Waals surface area contributed by atoms with Gasteiger partial charge in [-0.05, 0) is 52.6 Å². The number of amides is 3. The highest BCUT2D eigenvalue weighted by atomic mass is 16.6. The molecular formula is C51H45N7O10. The maximum Gasteiger partial charge on any atom is 0.421 e. The molecule has 1 spiro atoms. The van der Waals surface area contributed by atoms with E-state index in [1.54, 1.807) is 71.9 Å². The van der Waals surface area contributed by atoms with Crippen molar-refractivity contribution in [2.24, 2.45) is 5.92 Å². The number of nitrogens with zero attached hydrogens (tertiary/aromatic N) is 7. The second-order valence-electron chi connectivity index (χ2n) is 16.9. The van der Waals surface area contributed by atoms with E-state index in [-0.39, 0.29) is 44.3 Å². The first-order valence-electron chi connectivity index (χ1n) is 22.3. The standard InChI is InChI=1S/C51H45N7O10/c59-30-31-66-40-19-10-7-16-37(40)45-51(38-17-8-9-18-39(38)56(48(51)62)50(63)67-32-33-20-22-36(23-21-33)58(64)65)41(46(60)54-26-28-55(29-27-54)49-52-24-11-25-53-49)43-47(61)68-44(35-14-5-2-6-15-35)42(57(43)45)34-12-3-1-4-13-34/h1-25,41-45,59H,26-32H2. The molecule has 0 aliphatic carbocycles. The van der Waals surface area contributed by atoms with Crippen LogP contribution in [0.1, 0.15) is 46.0 Å². The second kappa shape index (κ2) is 18.3. The van der Waals surface area contributed by atoms with E-state index in [2.05, 4.69) is 9.97 Å². The Morgan fingerprint density at radius 1 is 0.779 bits per heavy atom. The highest BCUT2D eigenvalue weighted by molar-refractivity contribution is 6.23. The molecule has 3 saturated heterocycles. The van der Waals surface area contributed by atoms with Crippen molar-refractivity contribution in [2.45, 2.75) is 36.3 Å². The zero-order valence-corrected chi connectivity index (χ0v) is 36.5. The second-order valence-corrected chi connectivity index (χ2v) is 16.9. The lowest BCUT2D eigenvalue weighted by Crippen LogP contribution is -2.59. The van der Waals surface area contributed by atoms with Crippen LogP contribution in [0.3, 0.4) is 0 Å². The zero-order chi connectivity index (χ0) is 46.9. The minimum atomic E-state index is -2.04. The molecular weight excluding hydrogens is 871 g/mol. The molecule has 5 aromatic carbocycles. The molecule has 3 fully saturated rings. The van der Waals surface area contributed by atoms with Gasteiger partial charge in [0, 0.05) is 56.3 Å². The van der Waals surface area contributed by atoms with Gasteiger partial charge in [-0.15, -0.1) is 0 Å². The SMILES string of the molecule is O=C1OC(c2ccccc2)C(c2ccccc2)N2C1C(C(=O)N1CCN(c3ncccn3)CC1)C1(C(=O)N(C(=O)OCc3ccc([N+](=O)[O-])cc3)c3ccccc31)C2c1ccccc1OCCO. The molecule has 0 saturated carbocycles. The predicted octanol–water partition coefficient (Wildman–Crippen LogP) is 6.11. The zero-order valence-electron chi connectivity index (χ0n) is 36.5. The summed E-state index contributed by atoms with van der Waals surface area (Å²) in [6.45, 7) is 0.303. The maximum absolute atomic E-state index is 16.4. The number of hydrogen-bond acceptors (Lipinski definition) is 14. The van der Waals surface area contributed by atoms with Crippen molar-refractivity contribution in [2.75, 3.05) is 49.2 Å². The number of imide groups is 1. The van der Waals surface area contributed by atoms with Crippen molar-refractivity contribution < 1.29 is 43.4 Å². The summed E-state index contributed by atoms with van der Waals surface area (Å²) in [5.74, 6) is -2.76. The summed E-state index contributed by atoms with van der Waals surface area (Å²) in [4.78, 5) is 88.8. The van der Waals surface area contributed by atoms with Crippen LogP contribution in [0.15, 0.2) is 152 Å². The first-order valence-corrected chi connectivity index (χ1v) is 22.3. The predicted molar refractivity (Wildman–Crippen MR) is 245 cm³/mol. The number of benzene rings is 5. The number of piperazine rings is 1. The van der Waals surface area contributed by atoms with Crippen molar-refractivity contribution >= 4 is 41.2 Å². The molecule has 4 aliphatic heterocycles. The summed E-state index contributed by atoms with van der Waals surface area (Å²) < 4.78 is 18.7. The van der Waals surface area contributed by atoms with Gasteiger partial charge in [-0.3, -0.25) is 29.4 Å². The molecule has 10 rings (SSSR count). The number of esters is 1. The van der Waals surface area contributed by atoms with Gasteiger partial charge in [-0.2, -0.15) is 0 Å². The van der Waals surface area contributed by atoms with Crippen LogP contribution >= 0.6 is 0 Å². The summed E-state index contributed by atoms with van der Waals surface area (Å²) in [6.07, 6.45) is 1.29. The van der Waals surface area contributed by atoms with Gasteiger partial charge in [0.25, 0.3) is 5.69 Å². The van der Waals surface area contributed by atoms with E-state index < -0.39 is 64.4 Å². The third-order valence-corrected chi connectivity index (χ3v) is 13.3. The molecule has 68 heavy (non-hydrogen) atoms. The number of aromatic nitrogens is 2. The number of nitro benzene ring substituents is 1. The fourth-order valence-corrected chi connectivity index (χ4v) is 10.5. The minimum absolute atomic E-state index is 0.111. The number of aliphatic hydroxyl groups is 1. The molecule has 4 aliphatic rings. The Hall–Kier alpha value is -8.02. The molecule has 17 nitrogen and oxygen atoms in total. The van der Waals surface area contributed by atoms with E-state index >= 15 is 14.4 Å². The van der Waals surface area contributed by atoms with Crippen LogP contribution in [0.4, 0.5) is 22.1 Å². The maximum atomic E-state index is 16.4. The third-order valence-electron chi connectivity index (χ3n) is 13.3. The van der Waals surface area contributed by atoms with Gasteiger partial charge in [-0.1, -0.05) is 97.1 Å². The van der Waals surface area contributed by atoms with Crippen LogP contribution < -0.4 is 14.5 Å². The Bertz CT molecular complexity index is 2850. The van der Waals surface area contributed by atoms with E-state index in [9.17, 15) is 20.0 Å². The van der Waals surface area contributed by atoms with E-state index in [4.69, 9.17) is 14.2 Å². The van der Waals surface area contributed by atoms with Gasteiger partial charge in [-0.25, -0.2) is 19.7 Å². The van der Waals surface area contributed by atoms with E-state index in [0.717, 1.165) is 10.5 Å². The largest absolute Gasteiger partial charge is 0.491 e. The van der Waals surface area contributed by atoms with E-state index in [0.29, 0.717) is 47.0 Å². The summed E-state index contributed by atoms with van der Waals surface area (Å²) in [6, 6.07) is 36.3. The number of morpholine rings is 1. The highest BCUT2D eigenvalue weighted by Crippen LogP contribution is 2.66. The number of ether oxygens (including phenoxy) is 3. The number of carbonyl (C=O) groups excluding carboxylic acids is 4. The molecule has 0 bridgehead atoms. The number of aliphatic hydroxyl groups excluding tert-OH is 1. The Morgan fingerprint density at radius 2 is 1.43 bits per heavy atom. The van der Waals surface area contributed by atoms with Gasteiger partial charge in [0.1, 0.15) is 36.5 Å². The summed E-state index contributed by atoms with van der Waals surface area (Å²) in [7, 11) is 0.